The molecule has 1 heterocycles. The van der Waals surface area contributed by atoms with Crippen molar-refractivity contribution in [1.82, 2.24) is 10.2 Å². The minimum absolute atomic E-state index is 0.343. The highest BCUT2D eigenvalue weighted by molar-refractivity contribution is 4.66. The lowest BCUT2D eigenvalue weighted by Gasteiger charge is -2.26. The van der Waals surface area contributed by atoms with Crippen molar-refractivity contribution in [2.24, 2.45) is 5.11 Å². The van der Waals surface area contributed by atoms with E-state index in [9.17, 15) is 0 Å². The Morgan fingerprint density at radius 3 is 1.52 bits per heavy atom. The highest BCUT2D eigenvalue weighted by Gasteiger charge is 2.08. The van der Waals surface area contributed by atoms with Gasteiger partial charge < -0.3 is 33.7 Å². The maximum absolute atomic E-state index is 8.09. The van der Waals surface area contributed by atoms with Crippen LogP contribution in [0.2, 0.25) is 0 Å². The second-order valence-corrected chi connectivity index (χ2v) is 6.22. The van der Waals surface area contributed by atoms with E-state index in [2.05, 4.69) is 20.2 Å². The van der Waals surface area contributed by atoms with E-state index in [0.29, 0.717) is 79.2 Å². The summed E-state index contributed by atoms with van der Waals surface area (Å²) in [5, 5.41) is 6.70. The Balaban J connectivity index is 1.64. The summed E-state index contributed by atoms with van der Waals surface area (Å²) in [6, 6.07) is 0. The first-order valence-corrected chi connectivity index (χ1v) is 10.3. The highest BCUT2D eigenvalue weighted by atomic mass is 16.6. The summed E-state index contributed by atoms with van der Waals surface area (Å²) < 4.78 is 32.4. The minimum Gasteiger partial charge on any atom is -0.379 e. The molecule has 11 nitrogen and oxygen atoms in total. The van der Waals surface area contributed by atoms with Crippen LogP contribution in [0.1, 0.15) is 0 Å². The van der Waals surface area contributed by atoms with E-state index in [0.717, 1.165) is 39.3 Å². The molecule has 0 saturated carbocycles. The van der Waals surface area contributed by atoms with Gasteiger partial charge in [-0.1, -0.05) is 5.11 Å². The predicted octanol–water partition coefficient (Wildman–Crippen LogP) is 0.302. The van der Waals surface area contributed by atoms with E-state index in [4.69, 9.17) is 34.0 Å². The summed E-state index contributed by atoms with van der Waals surface area (Å²) in [6.07, 6.45) is 0. The molecule has 170 valence electrons. The molecule has 1 aliphatic rings. The SMILES string of the molecule is [N-]=[N+]=NCCOCCOCCOCCOCCOCCOCCN1CCNCC1. The standard InChI is InChI=1S/C18H37N5O6/c19-22-21-3-7-24-9-11-26-13-15-28-17-18-29-16-14-27-12-10-25-8-6-23-4-1-20-2-5-23/h20H,1-18H2. The van der Waals surface area contributed by atoms with Crippen LogP contribution in [-0.4, -0.2) is 123 Å². The van der Waals surface area contributed by atoms with Crippen molar-refractivity contribution in [3.63, 3.8) is 0 Å². The number of hydrogen-bond acceptors (Lipinski definition) is 9. The minimum atomic E-state index is 0.343. The molecule has 0 aliphatic carbocycles. The zero-order valence-electron chi connectivity index (χ0n) is 17.5. The lowest BCUT2D eigenvalue weighted by molar-refractivity contribution is -0.0172. The molecule has 0 aromatic carbocycles. The first-order valence-electron chi connectivity index (χ1n) is 10.3. The molecule has 1 rings (SSSR count). The maximum Gasteiger partial charge on any atom is 0.0701 e. The summed E-state index contributed by atoms with van der Waals surface area (Å²) >= 11 is 0. The fourth-order valence-corrected chi connectivity index (χ4v) is 2.48. The largest absolute Gasteiger partial charge is 0.379 e. The molecule has 29 heavy (non-hydrogen) atoms. The van der Waals surface area contributed by atoms with E-state index in [1.165, 1.54) is 0 Å². The summed E-state index contributed by atoms with van der Waals surface area (Å²) in [5.74, 6) is 0. The van der Waals surface area contributed by atoms with Crippen molar-refractivity contribution in [1.29, 1.82) is 0 Å². The third-order valence-corrected chi connectivity index (χ3v) is 4.02. The van der Waals surface area contributed by atoms with Gasteiger partial charge >= 0.3 is 0 Å². The smallest absolute Gasteiger partial charge is 0.0701 e. The first kappa shape index (κ1) is 26.0. The van der Waals surface area contributed by atoms with Gasteiger partial charge in [0.15, 0.2) is 0 Å². The van der Waals surface area contributed by atoms with Crippen LogP contribution >= 0.6 is 0 Å². The number of ether oxygens (including phenoxy) is 6. The fraction of sp³-hybridized carbons (Fsp3) is 1.00. The van der Waals surface area contributed by atoms with E-state index in [-0.39, 0.29) is 0 Å². The molecule has 0 spiro atoms. The van der Waals surface area contributed by atoms with E-state index in [1.54, 1.807) is 0 Å². The Morgan fingerprint density at radius 1 is 0.655 bits per heavy atom. The van der Waals surface area contributed by atoms with Crippen molar-refractivity contribution >= 4 is 0 Å². The van der Waals surface area contributed by atoms with Crippen molar-refractivity contribution in [2.45, 2.75) is 0 Å². The molecule has 1 saturated heterocycles. The molecule has 0 aromatic rings. The quantitative estimate of drug-likeness (QED) is 0.122. The summed E-state index contributed by atoms with van der Waals surface area (Å²) in [7, 11) is 0. The Kier molecular flexibility index (Phi) is 19.5. The zero-order valence-corrected chi connectivity index (χ0v) is 17.5. The van der Waals surface area contributed by atoms with Gasteiger partial charge in [0.2, 0.25) is 0 Å². The zero-order chi connectivity index (χ0) is 20.7. The van der Waals surface area contributed by atoms with Crippen LogP contribution in [0.15, 0.2) is 5.11 Å². The molecule has 1 fully saturated rings. The molecule has 0 atom stereocenters. The third-order valence-electron chi connectivity index (χ3n) is 4.02. The van der Waals surface area contributed by atoms with Gasteiger partial charge in [-0.2, -0.15) is 0 Å². The average molecular weight is 420 g/mol. The maximum atomic E-state index is 8.09. The van der Waals surface area contributed by atoms with Gasteiger partial charge in [0, 0.05) is 44.2 Å². The van der Waals surface area contributed by atoms with Crippen LogP contribution in [0.25, 0.3) is 10.4 Å². The van der Waals surface area contributed by atoms with Crippen LogP contribution < -0.4 is 5.32 Å². The lowest BCUT2D eigenvalue weighted by Crippen LogP contribution is -2.44. The number of piperazine rings is 1. The number of hydrogen-bond donors (Lipinski definition) is 1. The molecular weight excluding hydrogens is 382 g/mol. The topological polar surface area (TPSA) is 119 Å². The molecular formula is C18H37N5O6. The molecule has 0 amide bonds. The van der Waals surface area contributed by atoms with Crippen molar-refractivity contribution in [3.8, 4) is 0 Å². The van der Waals surface area contributed by atoms with Gasteiger partial charge in [-0.3, -0.25) is 4.90 Å². The molecule has 0 radical (unpaired) electrons. The van der Waals surface area contributed by atoms with E-state index < -0.39 is 0 Å². The highest BCUT2D eigenvalue weighted by Crippen LogP contribution is 1.92. The summed E-state index contributed by atoms with van der Waals surface area (Å²) in [5.41, 5.74) is 8.09. The summed E-state index contributed by atoms with van der Waals surface area (Å²) in [6.45, 7) is 12.2. The monoisotopic (exact) mass is 419 g/mol. The molecule has 1 N–H and O–H groups in total. The number of rotatable bonds is 21. The molecule has 1 aliphatic heterocycles. The molecule has 0 unspecified atom stereocenters. The first-order chi connectivity index (χ1) is 14.4. The second kappa shape index (κ2) is 21.7. The molecule has 11 heteroatoms. The Labute approximate surface area is 173 Å². The number of nitrogens with zero attached hydrogens (tertiary/aromatic N) is 4. The Bertz CT molecular complexity index is 395. The van der Waals surface area contributed by atoms with Crippen LogP contribution in [0, 0.1) is 0 Å². The summed E-state index contributed by atoms with van der Waals surface area (Å²) in [4.78, 5) is 5.05. The van der Waals surface area contributed by atoms with Gasteiger partial charge in [-0.05, 0) is 5.53 Å². The second-order valence-electron chi connectivity index (χ2n) is 6.22. The molecule has 0 aromatic heterocycles. The van der Waals surface area contributed by atoms with E-state index >= 15 is 0 Å². The van der Waals surface area contributed by atoms with E-state index in [1.807, 2.05) is 0 Å². The molecule has 0 bridgehead atoms. The van der Waals surface area contributed by atoms with Crippen molar-refractivity contribution in [3.05, 3.63) is 10.4 Å². The van der Waals surface area contributed by atoms with Crippen LogP contribution in [0.4, 0.5) is 0 Å². The fourth-order valence-electron chi connectivity index (χ4n) is 2.48. The van der Waals surface area contributed by atoms with Crippen molar-refractivity contribution < 1.29 is 28.4 Å². The van der Waals surface area contributed by atoms with Gasteiger partial charge in [0.1, 0.15) is 0 Å². The van der Waals surface area contributed by atoms with Crippen LogP contribution in [-0.2, 0) is 28.4 Å². The normalized spacial score (nSPS) is 14.8. The Morgan fingerprint density at radius 2 is 1.07 bits per heavy atom. The van der Waals surface area contributed by atoms with Gasteiger partial charge in [0.05, 0.1) is 79.3 Å². The van der Waals surface area contributed by atoms with Crippen LogP contribution in [0.3, 0.4) is 0 Å². The number of nitrogens with one attached hydrogen (secondary N) is 1. The van der Waals surface area contributed by atoms with Gasteiger partial charge in [-0.15, -0.1) is 0 Å². The lowest BCUT2D eigenvalue weighted by atomic mass is 10.4. The number of azide groups is 1. The third kappa shape index (κ3) is 18.7. The van der Waals surface area contributed by atoms with Crippen molar-refractivity contribution in [2.75, 3.05) is 119 Å². The Hall–Kier alpha value is -1.01. The predicted molar refractivity (Wildman–Crippen MR) is 108 cm³/mol. The average Bonchev–Trinajstić information content (AvgIpc) is 2.75. The van der Waals surface area contributed by atoms with Gasteiger partial charge in [-0.25, -0.2) is 0 Å². The van der Waals surface area contributed by atoms with Gasteiger partial charge in [0.25, 0.3) is 0 Å². The van der Waals surface area contributed by atoms with Crippen LogP contribution in [0.5, 0.6) is 0 Å².